The number of hydrogen-bond acceptors (Lipinski definition) is 2. The van der Waals surface area contributed by atoms with Crippen LogP contribution in [-0.4, -0.2) is 18.4 Å². The number of halogens is 2. The Balaban J connectivity index is 2.14. The van der Waals surface area contributed by atoms with E-state index in [0.717, 1.165) is 5.56 Å². The third kappa shape index (κ3) is 4.71. The highest BCUT2D eigenvalue weighted by atomic mass is 35.5. The minimum Gasteiger partial charge on any atom is -0.324 e. The topological polar surface area (TPSA) is 49.4 Å². The second kappa shape index (κ2) is 7.49. The van der Waals surface area contributed by atoms with Crippen LogP contribution in [0.4, 0.5) is 11.4 Å². The van der Waals surface area contributed by atoms with Crippen LogP contribution in [-0.2, 0) is 9.59 Å². The summed E-state index contributed by atoms with van der Waals surface area (Å²) in [5, 5.41) is 3.78. The molecule has 2 aromatic rings. The molecule has 0 atom stereocenters. The molecule has 0 heterocycles. The second-order valence-corrected chi connectivity index (χ2v) is 5.94. The number of amides is 2. The Morgan fingerprint density at radius 1 is 1.13 bits per heavy atom. The first-order valence-corrected chi connectivity index (χ1v) is 7.72. The first-order chi connectivity index (χ1) is 10.9. The molecule has 0 spiro atoms. The van der Waals surface area contributed by atoms with Crippen molar-refractivity contribution < 1.29 is 9.59 Å². The number of hydrogen-bond donors (Lipinski definition) is 1. The Morgan fingerprint density at radius 2 is 1.87 bits per heavy atom. The average Bonchev–Trinajstić information content (AvgIpc) is 2.47. The predicted molar refractivity (Wildman–Crippen MR) is 94.3 cm³/mol. The van der Waals surface area contributed by atoms with Crippen molar-refractivity contribution >= 4 is 46.4 Å². The number of carbonyl (C=O) groups excluding carboxylic acids is 2. The predicted octanol–water partition coefficient (Wildman–Crippen LogP) is 4.29. The van der Waals surface area contributed by atoms with Crippen molar-refractivity contribution in [2.45, 2.75) is 13.8 Å². The third-order valence-corrected chi connectivity index (χ3v) is 3.90. The van der Waals surface area contributed by atoms with E-state index in [1.807, 2.05) is 13.0 Å². The van der Waals surface area contributed by atoms with Gasteiger partial charge >= 0.3 is 0 Å². The zero-order valence-electron chi connectivity index (χ0n) is 12.8. The van der Waals surface area contributed by atoms with E-state index < -0.39 is 0 Å². The second-order valence-electron chi connectivity index (χ2n) is 5.10. The average molecular weight is 351 g/mol. The van der Waals surface area contributed by atoms with E-state index in [0.29, 0.717) is 21.4 Å². The number of rotatable bonds is 4. The van der Waals surface area contributed by atoms with Crippen LogP contribution in [0.1, 0.15) is 12.5 Å². The van der Waals surface area contributed by atoms with E-state index in [2.05, 4.69) is 5.32 Å². The molecule has 0 aromatic heterocycles. The van der Waals surface area contributed by atoms with Crippen LogP contribution in [0.5, 0.6) is 0 Å². The van der Waals surface area contributed by atoms with Crippen molar-refractivity contribution in [3.8, 4) is 0 Å². The zero-order valence-corrected chi connectivity index (χ0v) is 14.3. The SMILES string of the molecule is CC(=O)N(CC(=O)Nc1cccc(Cl)c1)c1ccc(C)c(Cl)c1. The summed E-state index contributed by atoms with van der Waals surface area (Å²) >= 11 is 12.0. The van der Waals surface area contributed by atoms with Gasteiger partial charge in [-0.15, -0.1) is 0 Å². The first-order valence-electron chi connectivity index (χ1n) is 6.96. The lowest BCUT2D eigenvalue weighted by Gasteiger charge is -2.21. The first kappa shape index (κ1) is 17.3. The molecule has 0 aliphatic carbocycles. The fourth-order valence-electron chi connectivity index (χ4n) is 2.04. The highest BCUT2D eigenvalue weighted by molar-refractivity contribution is 6.31. The van der Waals surface area contributed by atoms with Gasteiger partial charge in [0, 0.05) is 28.3 Å². The lowest BCUT2D eigenvalue weighted by molar-refractivity contribution is -0.120. The van der Waals surface area contributed by atoms with Crippen molar-refractivity contribution in [1.29, 1.82) is 0 Å². The number of nitrogens with zero attached hydrogens (tertiary/aromatic N) is 1. The fraction of sp³-hybridized carbons (Fsp3) is 0.176. The van der Waals surface area contributed by atoms with Crippen molar-refractivity contribution in [3.05, 3.63) is 58.1 Å². The number of benzene rings is 2. The molecule has 0 saturated heterocycles. The van der Waals surface area contributed by atoms with E-state index in [1.165, 1.54) is 11.8 Å². The molecule has 0 fully saturated rings. The molecule has 2 amide bonds. The normalized spacial score (nSPS) is 10.3. The maximum atomic E-state index is 12.2. The molecular formula is C17H16Cl2N2O2. The lowest BCUT2D eigenvalue weighted by Crippen LogP contribution is -2.36. The molecule has 0 aliphatic rings. The highest BCUT2D eigenvalue weighted by Gasteiger charge is 2.16. The maximum Gasteiger partial charge on any atom is 0.244 e. The van der Waals surface area contributed by atoms with Gasteiger partial charge in [0.15, 0.2) is 0 Å². The highest BCUT2D eigenvalue weighted by Crippen LogP contribution is 2.23. The van der Waals surface area contributed by atoms with Gasteiger partial charge < -0.3 is 10.2 Å². The summed E-state index contributed by atoms with van der Waals surface area (Å²) in [4.78, 5) is 25.4. The molecule has 1 N–H and O–H groups in total. The smallest absolute Gasteiger partial charge is 0.244 e. The molecule has 0 aliphatic heterocycles. The van der Waals surface area contributed by atoms with Crippen LogP contribution < -0.4 is 10.2 Å². The standard InChI is InChI=1S/C17H16Cl2N2O2/c1-11-6-7-15(9-16(11)19)21(12(2)22)10-17(23)20-14-5-3-4-13(18)8-14/h3-9H,10H2,1-2H3,(H,20,23). The molecule has 2 rings (SSSR count). The summed E-state index contributed by atoms with van der Waals surface area (Å²) < 4.78 is 0. The van der Waals surface area contributed by atoms with Gasteiger partial charge in [-0.05, 0) is 42.8 Å². The molecule has 2 aromatic carbocycles. The molecule has 23 heavy (non-hydrogen) atoms. The van der Waals surface area contributed by atoms with Gasteiger partial charge in [-0.1, -0.05) is 35.3 Å². The number of nitrogens with one attached hydrogen (secondary N) is 1. The van der Waals surface area contributed by atoms with E-state index >= 15 is 0 Å². The summed E-state index contributed by atoms with van der Waals surface area (Å²) in [5.74, 6) is -0.565. The van der Waals surface area contributed by atoms with Crippen molar-refractivity contribution in [2.24, 2.45) is 0 Å². The largest absolute Gasteiger partial charge is 0.324 e. The van der Waals surface area contributed by atoms with E-state index in [1.54, 1.807) is 36.4 Å². The molecule has 0 bridgehead atoms. The minimum atomic E-state index is -0.320. The van der Waals surface area contributed by atoms with Crippen LogP contribution >= 0.6 is 23.2 Å². The summed E-state index contributed by atoms with van der Waals surface area (Å²) in [5.41, 5.74) is 2.06. The van der Waals surface area contributed by atoms with Crippen LogP contribution in [0.3, 0.4) is 0 Å². The van der Waals surface area contributed by atoms with Crippen molar-refractivity contribution in [2.75, 3.05) is 16.8 Å². The Morgan fingerprint density at radius 3 is 2.48 bits per heavy atom. The molecule has 0 unspecified atom stereocenters. The summed E-state index contributed by atoms with van der Waals surface area (Å²) in [7, 11) is 0. The molecule has 0 radical (unpaired) electrons. The van der Waals surface area contributed by atoms with Crippen molar-refractivity contribution in [1.82, 2.24) is 0 Å². The summed E-state index contributed by atoms with van der Waals surface area (Å²) in [6.45, 7) is 3.16. The van der Waals surface area contributed by atoms with E-state index in [9.17, 15) is 9.59 Å². The van der Waals surface area contributed by atoms with Gasteiger partial charge in [0.2, 0.25) is 11.8 Å². The van der Waals surface area contributed by atoms with Gasteiger partial charge in [-0.2, -0.15) is 0 Å². The van der Waals surface area contributed by atoms with Crippen LogP contribution in [0.15, 0.2) is 42.5 Å². The third-order valence-electron chi connectivity index (χ3n) is 3.26. The Bertz CT molecular complexity index is 747. The monoisotopic (exact) mass is 350 g/mol. The van der Waals surface area contributed by atoms with Gasteiger partial charge in [-0.3, -0.25) is 9.59 Å². The Hall–Kier alpha value is -2.04. The molecule has 120 valence electrons. The zero-order chi connectivity index (χ0) is 17.0. The van der Waals surface area contributed by atoms with Gasteiger partial charge in [0.25, 0.3) is 0 Å². The van der Waals surface area contributed by atoms with Gasteiger partial charge in [0.1, 0.15) is 6.54 Å². The summed E-state index contributed by atoms with van der Waals surface area (Å²) in [6.07, 6.45) is 0. The van der Waals surface area contributed by atoms with Crippen LogP contribution in [0.2, 0.25) is 10.0 Å². The van der Waals surface area contributed by atoms with E-state index in [4.69, 9.17) is 23.2 Å². The molecular weight excluding hydrogens is 335 g/mol. The van der Waals surface area contributed by atoms with E-state index in [-0.39, 0.29) is 18.4 Å². The maximum absolute atomic E-state index is 12.2. The van der Waals surface area contributed by atoms with Crippen LogP contribution in [0.25, 0.3) is 0 Å². The number of aryl methyl sites for hydroxylation is 1. The number of anilines is 2. The molecule has 0 saturated carbocycles. The lowest BCUT2D eigenvalue weighted by atomic mass is 10.2. The summed E-state index contributed by atoms with van der Waals surface area (Å²) in [6, 6.07) is 12.1. The minimum absolute atomic E-state index is 0.110. The fourth-order valence-corrected chi connectivity index (χ4v) is 2.41. The Labute approximate surface area is 145 Å². The quantitative estimate of drug-likeness (QED) is 0.893. The molecule has 6 heteroatoms. The van der Waals surface area contributed by atoms with Gasteiger partial charge in [-0.25, -0.2) is 0 Å². The van der Waals surface area contributed by atoms with Crippen LogP contribution in [0, 0.1) is 6.92 Å². The number of carbonyl (C=O) groups is 2. The van der Waals surface area contributed by atoms with Crippen molar-refractivity contribution in [3.63, 3.8) is 0 Å². The molecule has 4 nitrogen and oxygen atoms in total. The van der Waals surface area contributed by atoms with Gasteiger partial charge in [0.05, 0.1) is 0 Å². The Kier molecular flexibility index (Phi) is 5.64.